The molecule has 0 radical (unpaired) electrons. The Morgan fingerprint density at radius 1 is 1.22 bits per heavy atom. The van der Waals surface area contributed by atoms with Gasteiger partial charge in [0.2, 0.25) is 5.88 Å². The quantitative estimate of drug-likeness (QED) is 0.748. The lowest BCUT2D eigenvalue weighted by molar-refractivity contribution is 0.0194. The Bertz CT molecular complexity index is 971. The molecule has 0 spiro atoms. The number of benzene rings is 1. The van der Waals surface area contributed by atoms with Crippen molar-refractivity contribution in [3.8, 4) is 11.9 Å². The molecule has 138 valence electrons. The molecule has 7 heteroatoms. The first-order valence-electron chi connectivity index (χ1n) is 8.99. The van der Waals surface area contributed by atoms with Crippen LogP contribution in [0.2, 0.25) is 0 Å². The number of nitrogen functional groups attached to an aromatic ring is 1. The van der Waals surface area contributed by atoms with Gasteiger partial charge in [-0.2, -0.15) is 10.4 Å². The monoisotopic (exact) mass is 363 g/mol. The maximum atomic E-state index is 9.39. The highest BCUT2D eigenvalue weighted by Gasteiger charge is 2.37. The Morgan fingerprint density at radius 3 is 2.74 bits per heavy atom. The van der Waals surface area contributed by atoms with E-state index in [2.05, 4.69) is 16.2 Å². The van der Waals surface area contributed by atoms with E-state index in [4.69, 9.17) is 15.2 Å². The lowest BCUT2D eigenvalue weighted by atomic mass is 9.87. The van der Waals surface area contributed by atoms with Gasteiger partial charge in [0, 0.05) is 19.4 Å². The zero-order chi connectivity index (χ0) is 18.7. The van der Waals surface area contributed by atoms with Crippen LogP contribution in [0.15, 0.2) is 42.6 Å². The molecule has 0 atom stereocenters. The molecule has 1 saturated heterocycles. The van der Waals surface area contributed by atoms with Crippen molar-refractivity contribution in [2.75, 3.05) is 18.9 Å². The molecule has 1 aromatic carbocycles. The second-order valence-electron chi connectivity index (χ2n) is 6.75. The van der Waals surface area contributed by atoms with E-state index >= 15 is 0 Å². The third-order valence-electron chi connectivity index (χ3n) is 5.09. The van der Waals surface area contributed by atoms with Gasteiger partial charge in [0.15, 0.2) is 5.82 Å². The summed E-state index contributed by atoms with van der Waals surface area (Å²) in [5.74, 6) is 0.823. The average Bonchev–Trinajstić information content (AvgIpc) is 3.06. The summed E-state index contributed by atoms with van der Waals surface area (Å²) in [6.07, 6.45) is 3.49. The number of nitrogens with two attached hydrogens (primary N) is 1. The van der Waals surface area contributed by atoms with Crippen LogP contribution >= 0.6 is 0 Å². The Balaban J connectivity index is 1.73. The standard InChI is InChI=1S/C20H21N5O2/c21-10-7-20(8-12-26-13-9-20)25-16-6-11-23-19(17(16)18(22)24-25)27-14-15-4-2-1-3-5-15/h1-6,11H,7-9,12-14H2,(H2,22,24). The fourth-order valence-electron chi connectivity index (χ4n) is 3.62. The van der Waals surface area contributed by atoms with E-state index in [9.17, 15) is 5.26 Å². The summed E-state index contributed by atoms with van der Waals surface area (Å²) < 4.78 is 13.3. The molecule has 3 aromatic rings. The topological polar surface area (TPSA) is 99.0 Å². The van der Waals surface area contributed by atoms with Gasteiger partial charge in [-0.05, 0) is 24.5 Å². The molecule has 0 amide bonds. The summed E-state index contributed by atoms with van der Waals surface area (Å²) in [5.41, 5.74) is 7.71. The van der Waals surface area contributed by atoms with Crippen molar-refractivity contribution in [2.24, 2.45) is 0 Å². The fourth-order valence-corrected chi connectivity index (χ4v) is 3.62. The third kappa shape index (κ3) is 3.20. The number of ether oxygens (including phenoxy) is 2. The summed E-state index contributed by atoms with van der Waals surface area (Å²) in [7, 11) is 0. The second-order valence-corrected chi connectivity index (χ2v) is 6.75. The van der Waals surface area contributed by atoms with Crippen LogP contribution in [0.5, 0.6) is 5.88 Å². The molecule has 1 aliphatic heterocycles. The van der Waals surface area contributed by atoms with Crippen LogP contribution in [0, 0.1) is 11.3 Å². The highest BCUT2D eigenvalue weighted by molar-refractivity contribution is 5.93. The Labute approximate surface area is 157 Å². The number of hydrogen-bond acceptors (Lipinski definition) is 6. The first-order valence-corrected chi connectivity index (χ1v) is 8.99. The molecule has 4 rings (SSSR count). The van der Waals surface area contributed by atoms with Crippen LogP contribution in [-0.2, 0) is 16.9 Å². The van der Waals surface area contributed by atoms with Gasteiger partial charge in [-0.15, -0.1) is 0 Å². The molecule has 3 heterocycles. The summed E-state index contributed by atoms with van der Waals surface area (Å²) >= 11 is 0. The average molecular weight is 363 g/mol. The van der Waals surface area contributed by atoms with E-state index in [1.54, 1.807) is 6.20 Å². The smallest absolute Gasteiger partial charge is 0.227 e. The number of fused-ring (bicyclic) bond motifs is 1. The van der Waals surface area contributed by atoms with Crippen LogP contribution in [0.3, 0.4) is 0 Å². The molecule has 7 nitrogen and oxygen atoms in total. The van der Waals surface area contributed by atoms with Crippen molar-refractivity contribution in [2.45, 2.75) is 31.4 Å². The summed E-state index contributed by atoms with van der Waals surface area (Å²) in [5, 5.41) is 14.7. The first-order chi connectivity index (χ1) is 13.2. The number of rotatable bonds is 5. The zero-order valence-corrected chi connectivity index (χ0v) is 15.0. The maximum Gasteiger partial charge on any atom is 0.227 e. The van der Waals surface area contributed by atoms with Crippen molar-refractivity contribution in [3.63, 3.8) is 0 Å². The minimum Gasteiger partial charge on any atom is -0.472 e. The van der Waals surface area contributed by atoms with Gasteiger partial charge < -0.3 is 15.2 Å². The molecule has 2 N–H and O–H groups in total. The van der Waals surface area contributed by atoms with Gasteiger partial charge in [0.05, 0.1) is 23.5 Å². The van der Waals surface area contributed by atoms with Crippen LogP contribution in [0.4, 0.5) is 5.82 Å². The lowest BCUT2D eigenvalue weighted by Gasteiger charge is -2.36. The number of hydrogen-bond donors (Lipinski definition) is 1. The highest BCUT2D eigenvalue weighted by atomic mass is 16.5. The van der Waals surface area contributed by atoms with Crippen LogP contribution in [-0.4, -0.2) is 28.0 Å². The molecular weight excluding hydrogens is 342 g/mol. The molecule has 0 aliphatic carbocycles. The zero-order valence-electron chi connectivity index (χ0n) is 15.0. The molecule has 0 saturated carbocycles. The predicted octanol–water partition coefficient (Wildman–Crippen LogP) is 3.01. The van der Waals surface area contributed by atoms with Crippen molar-refractivity contribution < 1.29 is 9.47 Å². The Kier molecular flexibility index (Phi) is 4.65. The van der Waals surface area contributed by atoms with Crippen molar-refractivity contribution >= 4 is 16.7 Å². The molecule has 0 bridgehead atoms. The van der Waals surface area contributed by atoms with E-state index < -0.39 is 5.54 Å². The number of aromatic nitrogens is 3. The van der Waals surface area contributed by atoms with Crippen molar-refractivity contribution in [3.05, 3.63) is 48.2 Å². The van der Waals surface area contributed by atoms with Crippen molar-refractivity contribution in [1.82, 2.24) is 14.8 Å². The van der Waals surface area contributed by atoms with Gasteiger partial charge in [-0.3, -0.25) is 4.68 Å². The van der Waals surface area contributed by atoms with Crippen LogP contribution in [0.25, 0.3) is 10.9 Å². The van der Waals surface area contributed by atoms with E-state index in [0.717, 1.165) is 23.9 Å². The van der Waals surface area contributed by atoms with Crippen LogP contribution < -0.4 is 10.5 Å². The van der Waals surface area contributed by atoms with Gasteiger partial charge >= 0.3 is 0 Å². The van der Waals surface area contributed by atoms with E-state index in [-0.39, 0.29) is 0 Å². The molecule has 1 aliphatic rings. The summed E-state index contributed by atoms with van der Waals surface area (Å²) in [6.45, 7) is 1.60. The lowest BCUT2D eigenvalue weighted by Crippen LogP contribution is -2.40. The third-order valence-corrected chi connectivity index (χ3v) is 5.09. The Morgan fingerprint density at radius 2 is 2.00 bits per heavy atom. The summed E-state index contributed by atoms with van der Waals surface area (Å²) in [6, 6.07) is 14.1. The van der Waals surface area contributed by atoms with Gasteiger partial charge in [-0.1, -0.05) is 30.3 Å². The second kappa shape index (κ2) is 7.25. The molecule has 0 unspecified atom stereocenters. The van der Waals surface area contributed by atoms with E-state index in [0.29, 0.717) is 43.3 Å². The number of nitriles is 1. The normalized spacial score (nSPS) is 16.1. The minimum absolute atomic E-state index is 0.356. The number of pyridine rings is 1. The number of anilines is 1. The van der Waals surface area contributed by atoms with E-state index in [1.807, 2.05) is 41.1 Å². The molecule has 1 fully saturated rings. The molecule has 27 heavy (non-hydrogen) atoms. The van der Waals surface area contributed by atoms with Gasteiger partial charge in [0.25, 0.3) is 0 Å². The molecule has 2 aromatic heterocycles. The predicted molar refractivity (Wildman–Crippen MR) is 101 cm³/mol. The highest BCUT2D eigenvalue weighted by Crippen LogP contribution is 2.38. The van der Waals surface area contributed by atoms with Crippen molar-refractivity contribution in [1.29, 1.82) is 5.26 Å². The van der Waals surface area contributed by atoms with Gasteiger partial charge in [0.1, 0.15) is 12.0 Å². The van der Waals surface area contributed by atoms with Gasteiger partial charge in [-0.25, -0.2) is 4.98 Å². The summed E-state index contributed by atoms with van der Waals surface area (Å²) in [4.78, 5) is 4.36. The van der Waals surface area contributed by atoms with E-state index in [1.165, 1.54) is 0 Å². The Hall–Kier alpha value is -3.11. The first kappa shape index (κ1) is 17.3. The largest absolute Gasteiger partial charge is 0.472 e. The minimum atomic E-state index is -0.416. The molecular formula is C20H21N5O2. The SMILES string of the molecule is N#CCC1(n2nc(N)c3c(OCc4ccccc4)nccc32)CCOCC1. The fraction of sp³-hybridized carbons (Fsp3) is 0.350. The van der Waals surface area contributed by atoms with Crippen LogP contribution in [0.1, 0.15) is 24.8 Å². The number of nitrogens with zero attached hydrogens (tertiary/aromatic N) is 4. The maximum absolute atomic E-state index is 9.39.